The summed E-state index contributed by atoms with van der Waals surface area (Å²) in [5.74, 6) is 1.21. The van der Waals surface area contributed by atoms with Crippen molar-refractivity contribution >= 4 is 5.91 Å². The van der Waals surface area contributed by atoms with Gasteiger partial charge in [0.05, 0.1) is 25.8 Å². The maximum Gasteiger partial charge on any atom is 0.224 e. The zero-order chi connectivity index (χ0) is 15.9. The third kappa shape index (κ3) is 4.32. The summed E-state index contributed by atoms with van der Waals surface area (Å²) in [5, 5.41) is 2.89. The number of amides is 1. The molecule has 4 nitrogen and oxygen atoms in total. The summed E-state index contributed by atoms with van der Waals surface area (Å²) in [6.07, 6.45) is 2.08. The van der Waals surface area contributed by atoms with Crippen molar-refractivity contribution in [3.05, 3.63) is 59.4 Å². The van der Waals surface area contributed by atoms with E-state index >= 15 is 0 Å². The molecule has 116 valence electrons. The molecule has 1 aromatic heterocycles. The van der Waals surface area contributed by atoms with Gasteiger partial charge in [-0.15, -0.1) is 0 Å². The first-order valence-corrected chi connectivity index (χ1v) is 7.43. The van der Waals surface area contributed by atoms with Gasteiger partial charge in [0.2, 0.25) is 5.91 Å². The Morgan fingerprint density at radius 1 is 1.27 bits per heavy atom. The number of ether oxygens (including phenoxy) is 1. The lowest BCUT2D eigenvalue weighted by molar-refractivity contribution is -0.120. The van der Waals surface area contributed by atoms with E-state index in [4.69, 9.17) is 4.74 Å². The Labute approximate surface area is 131 Å². The van der Waals surface area contributed by atoms with Gasteiger partial charge in [-0.2, -0.15) is 0 Å². The van der Waals surface area contributed by atoms with Crippen LogP contribution in [0.2, 0.25) is 0 Å². The maximum atomic E-state index is 12.1. The van der Waals surface area contributed by atoms with Gasteiger partial charge in [-0.1, -0.05) is 32.0 Å². The molecule has 0 aliphatic rings. The summed E-state index contributed by atoms with van der Waals surface area (Å²) in [4.78, 5) is 16.2. The van der Waals surface area contributed by atoms with Crippen LogP contribution in [0.4, 0.5) is 0 Å². The standard InChI is InChI=1S/C18H22N2O2/c1-13(2)16-10-14(7-8-17(16)22-3)11-18(21)20-12-15-6-4-5-9-19-15/h4-10,13H,11-12H2,1-3H3,(H,20,21). The first-order chi connectivity index (χ1) is 10.6. The van der Waals surface area contributed by atoms with Crippen molar-refractivity contribution < 1.29 is 9.53 Å². The molecule has 1 N–H and O–H groups in total. The van der Waals surface area contributed by atoms with Crippen molar-refractivity contribution in [2.75, 3.05) is 7.11 Å². The van der Waals surface area contributed by atoms with E-state index in [2.05, 4.69) is 24.1 Å². The predicted octanol–water partition coefficient (Wildman–Crippen LogP) is 3.07. The van der Waals surface area contributed by atoms with E-state index in [-0.39, 0.29) is 5.91 Å². The molecular weight excluding hydrogens is 276 g/mol. The number of nitrogens with zero attached hydrogens (tertiary/aromatic N) is 1. The van der Waals surface area contributed by atoms with Gasteiger partial charge in [0.1, 0.15) is 5.75 Å². The molecule has 1 heterocycles. The highest BCUT2D eigenvalue weighted by Crippen LogP contribution is 2.27. The van der Waals surface area contributed by atoms with E-state index in [0.29, 0.717) is 18.9 Å². The molecule has 0 radical (unpaired) electrons. The molecule has 0 saturated carbocycles. The lowest BCUT2D eigenvalue weighted by Crippen LogP contribution is -2.25. The van der Waals surface area contributed by atoms with E-state index in [9.17, 15) is 4.79 Å². The number of nitrogens with one attached hydrogen (secondary N) is 1. The van der Waals surface area contributed by atoms with E-state index in [1.54, 1.807) is 13.3 Å². The van der Waals surface area contributed by atoms with Crippen LogP contribution >= 0.6 is 0 Å². The predicted molar refractivity (Wildman–Crippen MR) is 86.9 cm³/mol. The quantitative estimate of drug-likeness (QED) is 0.891. The zero-order valence-electron chi connectivity index (χ0n) is 13.3. The first-order valence-electron chi connectivity index (χ1n) is 7.43. The average molecular weight is 298 g/mol. The van der Waals surface area contributed by atoms with Gasteiger partial charge >= 0.3 is 0 Å². The van der Waals surface area contributed by atoms with E-state index in [0.717, 1.165) is 22.6 Å². The number of rotatable bonds is 6. The molecule has 0 fully saturated rings. The Morgan fingerprint density at radius 2 is 2.09 bits per heavy atom. The van der Waals surface area contributed by atoms with Crippen LogP contribution < -0.4 is 10.1 Å². The average Bonchev–Trinajstić information content (AvgIpc) is 2.54. The summed E-state index contributed by atoms with van der Waals surface area (Å²) in [5.41, 5.74) is 2.97. The summed E-state index contributed by atoms with van der Waals surface area (Å²) < 4.78 is 5.36. The largest absolute Gasteiger partial charge is 0.496 e. The second-order valence-electron chi connectivity index (χ2n) is 5.51. The molecule has 0 aliphatic heterocycles. The summed E-state index contributed by atoms with van der Waals surface area (Å²) in [7, 11) is 1.67. The first kappa shape index (κ1) is 16.0. The molecular formula is C18H22N2O2. The lowest BCUT2D eigenvalue weighted by Gasteiger charge is -2.13. The van der Waals surface area contributed by atoms with Crippen LogP contribution in [0.1, 0.15) is 36.6 Å². The number of methoxy groups -OCH3 is 1. The Balaban J connectivity index is 1.98. The highest BCUT2D eigenvalue weighted by molar-refractivity contribution is 5.78. The number of hydrogen-bond donors (Lipinski definition) is 1. The van der Waals surface area contributed by atoms with Crippen LogP contribution in [0.5, 0.6) is 5.75 Å². The Morgan fingerprint density at radius 3 is 2.73 bits per heavy atom. The number of pyridine rings is 1. The smallest absolute Gasteiger partial charge is 0.224 e. The van der Waals surface area contributed by atoms with Crippen LogP contribution in [0.15, 0.2) is 42.6 Å². The Hall–Kier alpha value is -2.36. The second kappa shape index (κ2) is 7.59. The van der Waals surface area contributed by atoms with Gasteiger partial charge in [-0.05, 0) is 35.2 Å². The van der Waals surface area contributed by atoms with E-state index in [1.165, 1.54) is 0 Å². The van der Waals surface area contributed by atoms with E-state index in [1.807, 2.05) is 36.4 Å². The molecule has 0 atom stereocenters. The van der Waals surface area contributed by atoms with Crippen LogP contribution in [-0.2, 0) is 17.8 Å². The fourth-order valence-corrected chi connectivity index (χ4v) is 2.28. The number of aromatic nitrogens is 1. The maximum absolute atomic E-state index is 12.1. The number of benzene rings is 1. The minimum atomic E-state index is -0.00877. The minimum absolute atomic E-state index is 0.00877. The summed E-state index contributed by atoms with van der Waals surface area (Å²) >= 11 is 0. The molecule has 2 rings (SSSR count). The fourth-order valence-electron chi connectivity index (χ4n) is 2.28. The number of carbonyl (C=O) groups is 1. The zero-order valence-corrected chi connectivity index (χ0v) is 13.3. The number of carbonyl (C=O) groups excluding carboxylic acids is 1. The van der Waals surface area contributed by atoms with Crippen molar-refractivity contribution in [3.8, 4) is 5.75 Å². The molecule has 2 aromatic rings. The van der Waals surface area contributed by atoms with Crippen molar-refractivity contribution in [3.63, 3.8) is 0 Å². The summed E-state index contributed by atoms with van der Waals surface area (Å²) in [6, 6.07) is 11.6. The normalized spacial score (nSPS) is 10.5. The molecule has 0 spiro atoms. The molecule has 4 heteroatoms. The molecule has 0 saturated heterocycles. The fraction of sp³-hybridized carbons (Fsp3) is 0.333. The van der Waals surface area contributed by atoms with Gasteiger partial charge in [-0.3, -0.25) is 9.78 Å². The van der Waals surface area contributed by atoms with Crippen molar-refractivity contribution in [2.24, 2.45) is 0 Å². The minimum Gasteiger partial charge on any atom is -0.496 e. The third-order valence-electron chi connectivity index (χ3n) is 3.47. The number of hydrogen-bond acceptors (Lipinski definition) is 3. The van der Waals surface area contributed by atoms with Crippen LogP contribution in [0.25, 0.3) is 0 Å². The monoisotopic (exact) mass is 298 g/mol. The van der Waals surface area contributed by atoms with Gasteiger partial charge < -0.3 is 10.1 Å². The molecule has 1 aromatic carbocycles. The molecule has 22 heavy (non-hydrogen) atoms. The van der Waals surface area contributed by atoms with Gasteiger partial charge in [-0.25, -0.2) is 0 Å². The second-order valence-corrected chi connectivity index (χ2v) is 5.51. The van der Waals surface area contributed by atoms with Gasteiger partial charge in [0.25, 0.3) is 0 Å². The molecule has 0 aliphatic carbocycles. The van der Waals surface area contributed by atoms with E-state index < -0.39 is 0 Å². The van der Waals surface area contributed by atoms with Crippen LogP contribution in [-0.4, -0.2) is 18.0 Å². The van der Waals surface area contributed by atoms with Crippen molar-refractivity contribution in [2.45, 2.75) is 32.7 Å². The molecule has 0 bridgehead atoms. The van der Waals surface area contributed by atoms with Crippen LogP contribution in [0.3, 0.4) is 0 Å². The summed E-state index contributed by atoms with van der Waals surface area (Å²) in [6.45, 7) is 4.68. The van der Waals surface area contributed by atoms with Crippen LogP contribution in [0, 0.1) is 0 Å². The highest BCUT2D eigenvalue weighted by atomic mass is 16.5. The Bertz CT molecular complexity index is 624. The van der Waals surface area contributed by atoms with Crippen molar-refractivity contribution in [1.29, 1.82) is 0 Å². The molecule has 0 unspecified atom stereocenters. The Kier molecular flexibility index (Phi) is 5.53. The SMILES string of the molecule is COc1ccc(CC(=O)NCc2ccccn2)cc1C(C)C. The highest BCUT2D eigenvalue weighted by Gasteiger charge is 2.10. The topological polar surface area (TPSA) is 51.2 Å². The van der Waals surface area contributed by atoms with Crippen molar-refractivity contribution in [1.82, 2.24) is 10.3 Å². The molecule has 1 amide bonds. The van der Waals surface area contributed by atoms with Gasteiger partial charge in [0, 0.05) is 6.20 Å². The third-order valence-corrected chi connectivity index (χ3v) is 3.47. The van der Waals surface area contributed by atoms with Gasteiger partial charge in [0.15, 0.2) is 0 Å². The lowest BCUT2D eigenvalue weighted by atomic mass is 9.98.